The molecule has 1 aromatic rings. The number of fused-ring (bicyclic) bond motifs is 3. The molecule has 4 unspecified atom stereocenters. The van der Waals surface area contributed by atoms with Crippen LogP contribution in [0, 0.1) is 5.92 Å². The van der Waals surface area contributed by atoms with Crippen LogP contribution in [0.3, 0.4) is 0 Å². The largest absolute Gasteiger partial charge is 0.486 e. The lowest BCUT2D eigenvalue weighted by atomic mass is 9.77. The average molecular weight is 513 g/mol. The van der Waals surface area contributed by atoms with E-state index in [1.54, 1.807) is 0 Å². The van der Waals surface area contributed by atoms with Crippen molar-refractivity contribution in [3.05, 3.63) is 41.5 Å². The van der Waals surface area contributed by atoms with Crippen LogP contribution >= 0.6 is 0 Å². The van der Waals surface area contributed by atoms with Gasteiger partial charge in [-0.15, -0.1) is 0 Å². The summed E-state index contributed by atoms with van der Waals surface area (Å²) >= 11 is 0. The summed E-state index contributed by atoms with van der Waals surface area (Å²) < 4.78 is 6.23. The SMILES string of the molecule is CCCCCCCC(=O)N(CC1CCCCC1)C1C=C(C(=O)NCCO)C2c3ccccc3OC2C1O. The molecule has 3 aliphatic rings. The molecular formula is C30H44N2O5. The molecule has 37 heavy (non-hydrogen) atoms. The van der Waals surface area contributed by atoms with Crippen molar-refractivity contribution in [1.29, 1.82) is 0 Å². The molecule has 1 aliphatic heterocycles. The van der Waals surface area contributed by atoms with Crippen LogP contribution in [0.4, 0.5) is 0 Å². The van der Waals surface area contributed by atoms with Gasteiger partial charge >= 0.3 is 0 Å². The number of rotatable bonds is 12. The van der Waals surface area contributed by atoms with Gasteiger partial charge in [0.1, 0.15) is 18.0 Å². The lowest BCUT2D eigenvalue weighted by molar-refractivity contribution is -0.138. The van der Waals surface area contributed by atoms with E-state index in [0.29, 0.717) is 30.2 Å². The van der Waals surface area contributed by atoms with Crippen molar-refractivity contribution < 1.29 is 24.5 Å². The zero-order valence-electron chi connectivity index (χ0n) is 22.2. The van der Waals surface area contributed by atoms with Crippen molar-refractivity contribution in [2.75, 3.05) is 19.7 Å². The number of hydrogen-bond donors (Lipinski definition) is 3. The van der Waals surface area contributed by atoms with Crippen molar-refractivity contribution >= 4 is 11.8 Å². The molecule has 0 radical (unpaired) electrons. The van der Waals surface area contributed by atoms with Gasteiger partial charge in [-0.2, -0.15) is 0 Å². The van der Waals surface area contributed by atoms with Gasteiger partial charge in [0.2, 0.25) is 11.8 Å². The summed E-state index contributed by atoms with van der Waals surface area (Å²) in [5, 5.41) is 23.7. The van der Waals surface area contributed by atoms with Crippen LogP contribution in [0.25, 0.3) is 0 Å². The molecular weight excluding hydrogens is 468 g/mol. The van der Waals surface area contributed by atoms with Gasteiger partial charge in [0.15, 0.2) is 0 Å². The predicted octanol–water partition coefficient (Wildman–Crippen LogP) is 4.08. The van der Waals surface area contributed by atoms with Crippen molar-refractivity contribution in [3.63, 3.8) is 0 Å². The first-order valence-corrected chi connectivity index (χ1v) is 14.4. The van der Waals surface area contributed by atoms with Crippen molar-refractivity contribution in [2.24, 2.45) is 5.92 Å². The van der Waals surface area contributed by atoms with Gasteiger partial charge in [-0.3, -0.25) is 9.59 Å². The number of carbonyl (C=O) groups excluding carboxylic acids is 2. The maximum atomic E-state index is 13.7. The number of amides is 2. The van der Waals surface area contributed by atoms with E-state index in [9.17, 15) is 19.8 Å². The molecule has 0 bridgehead atoms. The van der Waals surface area contributed by atoms with Crippen LogP contribution in [0.5, 0.6) is 5.75 Å². The Balaban J connectivity index is 1.62. The van der Waals surface area contributed by atoms with E-state index in [1.807, 2.05) is 35.2 Å². The molecule has 204 valence electrons. The first-order chi connectivity index (χ1) is 18.0. The molecule has 3 N–H and O–H groups in total. The number of ether oxygens (including phenoxy) is 1. The van der Waals surface area contributed by atoms with Gasteiger partial charge in [0.05, 0.1) is 18.6 Å². The van der Waals surface area contributed by atoms with Crippen LogP contribution in [0.15, 0.2) is 35.9 Å². The first-order valence-electron chi connectivity index (χ1n) is 14.4. The summed E-state index contributed by atoms with van der Waals surface area (Å²) in [4.78, 5) is 28.8. The summed E-state index contributed by atoms with van der Waals surface area (Å²) in [5.41, 5.74) is 1.37. The van der Waals surface area contributed by atoms with Gasteiger partial charge in [0.25, 0.3) is 0 Å². The molecule has 2 amide bonds. The van der Waals surface area contributed by atoms with Crippen molar-refractivity contribution in [3.8, 4) is 5.75 Å². The van der Waals surface area contributed by atoms with Gasteiger partial charge in [-0.25, -0.2) is 0 Å². The highest BCUT2D eigenvalue weighted by molar-refractivity contribution is 5.96. The van der Waals surface area contributed by atoms with E-state index >= 15 is 0 Å². The molecule has 7 nitrogen and oxygen atoms in total. The predicted molar refractivity (Wildman–Crippen MR) is 143 cm³/mol. The fourth-order valence-corrected chi connectivity index (χ4v) is 6.25. The van der Waals surface area contributed by atoms with Gasteiger partial charge in [0, 0.05) is 30.6 Å². The van der Waals surface area contributed by atoms with E-state index in [-0.39, 0.29) is 25.0 Å². The number of carbonyl (C=O) groups is 2. The lowest BCUT2D eigenvalue weighted by Gasteiger charge is -2.42. The van der Waals surface area contributed by atoms with Gasteiger partial charge in [-0.05, 0) is 37.3 Å². The maximum Gasteiger partial charge on any atom is 0.247 e. The number of aliphatic hydroxyl groups excluding tert-OH is 2. The Bertz CT molecular complexity index is 942. The van der Waals surface area contributed by atoms with Crippen LogP contribution in [0.1, 0.15) is 89.0 Å². The molecule has 4 rings (SSSR count). The monoisotopic (exact) mass is 512 g/mol. The van der Waals surface area contributed by atoms with Crippen LogP contribution in [-0.2, 0) is 9.59 Å². The number of aliphatic hydroxyl groups is 2. The Morgan fingerprint density at radius 2 is 1.84 bits per heavy atom. The molecule has 0 aromatic heterocycles. The Kier molecular flexibility index (Phi) is 10.0. The normalized spacial score (nSPS) is 25.0. The number of nitrogens with zero attached hydrogens (tertiary/aromatic N) is 1. The second-order valence-corrected chi connectivity index (χ2v) is 10.9. The quantitative estimate of drug-likeness (QED) is 0.367. The average Bonchev–Trinajstić information content (AvgIpc) is 3.31. The zero-order valence-corrected chi connectivity index (χ0v) is 22.2. The highest BCUT2D eigenvalue weighted by atomic mass is 16.5. The Labute approximate surface area is 221 Å². The lowest BCUT2D eigenvalue weighted by Crippen LogP contribution is -2.56. The van der Waals surface area contributed by atoms with Gasteiger partial charge in [-0.1, -0.05) is 70.1 Å². The second kappa shape index (κ2) is 13.4. The number of para-hydroxylation sites is 1. The third-order valence-corrected chi connectivity index (χ3v) is 8.23. The van der Waals surface area contributed by atoms with Gasteiger partial charge < -0.3 is 25.2 Å². The maximum absolute atomic E-state index is 13.7. The number of nitrogens with one attached hydrogen (secondary N) is 1. The molecule has 4 atom stereocenters. The molecule has 1 aromatic carbocycles. The molecule has 7 heteroatoms. The Morgan fingerprint density at radius 1 is 1.08 bits per heavy atom. The van der Waals surface area contributed by atoms with E-state index in [1.165, 1.54) is 25.7 Å². The van der Waals surface area contributed by atoms with Crippen molar-refractivity contribution in [1.82, 2.24) is 10.2 Å². The third kappa shape index (κ3) is 6.55. The Hall–Kier alpha value is -2.38. The molecule has 0 spiro atoms. The fourth-order valence-electron chi connectivity index (χ4n) is 6.25. The Morgan fingerprint density at radius 3 is 2.59 bits per heavy atom. The van der Waals surface area contributed by atoms with Crippen LogP contribution in [-0.4, -0.2) is 64.9 Å². The van der Waals surface area contributed by atoms with E-state index < -0.39 is 24.2 Å². The topological polar surface area (TPSA) is 99.1 Å². The zero-order chi connectivity index (χ0) is 26.2. The number of unbranched alkanes of at least 4 members (excludes halogenated alkanes) is 4. The summed E-state index contributed by atoms with van der Waals surface area (Å²) in [6, 6.07) is 6.95. The number of benzene rings is 1. The van der Waals surface area contributed by atoms with Crippen LogP contribution in [0.2, 0.25) is 0 Å². The van der Waals surface area contributed by atoms with Crippen LogP contribution < -0.4 is 10.1 Å². The second-order valence-electron chi connectivity index (χ2n) is 10.9. The standard InChI is InChI=1S/C30H44N2O5/c1-2-3-4-5-9-16-26(34)32(20-21-12-7-6-8-13-21)24-19-23(30(36)31-17-18-33)27-22-14-10-11-15-25(22)37-29(27)28(24)35/h10-11,14-15,19,21,24,27-29,33,35H,2-9,12-13,16-18,20H2,1H3,(H,31,36). The third-order valence-electron chi connectivity index (χ3n) is 8.23. The first kappa shape index (κ1) is 27.6. The van der Waals surface area contributed by atoms with E-state index in [4.69, 9.17) is 4.74 Å². The summed E-state index contributed by atoms with van der Waals surface area (Å²) in [6.07, 6.45) is 11.8. The summed E-state index contributed by atoms with van der Waals surface area (Å²) in [6.45, 7) is 2.77. The minimum absolute atomic E-state index is 0.0476. The highest BCUT2D eigenvalue weighted by Crippen LogP contribution is 2.47. The minimum atomic E-state index is -0.945. The number of hydrogen-bond acceptors (Lipinski definition) is 5. The molecule has 1 heterocycles. The van der Waals surface area contributed by atoms with E-state index in [2.05, 4.69) is 12.2 Å². The smallest absolute Gasteiger partial charge is 0.247 e. The fraction of sp³-hybridized carbons (Fsp3) is 0.667. The molecule has 1 saturated carbocycles. The summed E-state index contributed by atoms with van der Waals surface area (Å²) in [7, 11) is 0. The molecule has 1 fully saturated rings. The summed E-state index contributed by atoms with van der Waals surface area (Å²) in [5.74, 6) is 0.419. The molecule has 0 saturated heterocycles. The minimum Gasteiger partial charge on any atom is -0.486 e. The van der Waals surface area contributed by atoms with E-state index in [0.717, 1.165) is 44.1 Å². The highest BCUT2D eigenvalue weighted by Gasteiger charge is 2.50. The van der Waals surface area contributed by atoms with Crippen molar-refractivity contribution in [2.45, 2.75) is 102 Å². The molecule has 2 aliphatic carbocycles.